The minimum absolute atomic E-state index is 0.811. The number of benzene rings is 2. The zero-order valence-electron chi connectivity index (χ0n) is 9.92. The molecule has 2 aromatic rings. The average Bonchev–Trinajstić information content (AvgIpc) is 2.47. The maximum absolute atomic E-state index is 5.67. The summed E-state index contributed by atoms with van der Waals surface area (Å²) in [6, 6.07) is 16.1. The minimum Gasteiger partial charge on any atom is -0.497 e. The number of ether oxygens (including phenoxy) is 2. The molecule has 3 rings (SSSR count). The molecule has 0 atom stereocenters. The highest BCUT2D eigenvalue weighted by atomic mass is 32.2. The second-order valence-corrected chi connectivity index (χ2v) is 4.96. The van der Waals surface area contributed by atoms with Gasteiger partial charge in [0.25, 0.3) is 0 Å². The maximum atomic E-state index is 5.67. The molecule has 0 radical (unpaired) electrons. The van der Waals surface area contributed by atoms with Crippen LogP contribution in [0, 0.1) is 0 Å². The van der Waals surface area contributed by atoms with Crippen LogP contribution in [0.2, 0.25) is 0 Å². The Bertz CT molecular complexity index is 591. The van der Waals surface area contributed by atoms with Crippen LogP contribution in [0.25, 0.3) is 4.91 Å². The van der Waals surface area contributed by atoms with Gasteiger partial charge in [0, 0.05) is 6.07 Å². The fourth-order valence-corrected chi connectivity index (χ4v) is 2.71. The van der Waals surface area contributed by atoms with Crippen LogP contribution in [0.3, 0.4) is 0 Å². The highest BCUT2D eigenvalue weighted by Crippen LogP contribution is 2.44. The van der Waals surface area contributed by atoms with Gasteiger partial charge in [-0.25, -0.2) is 0 Å². The van der Waals surface area contributed by atoms with Gasteiger partial charge in [-0.3, -0.25) is 0 Å². The first kappa shape index (κ1) is 11.2. The molecule has 0 aliphatic carbocycles. The fourth-order valence-electron chi connectivity index (χ4n) is 1.78. The Balaban J connectivity index is 1.91. The van der Waals surface area contributed by atoms with E-state index in [1.807, 2.05) is 36.4 Å². The molecule has 0 aromatic heterocycles. The molecule has 0 bridgehead atoms. The number of methoxy groups -OCH3 is 1. The van der Waals surface area contributed by atoms with Crippen molar-refractivity contribution >= 4 is 16.7 Å². The van der Waals surface area contributed by atoms with E-state index < -0.39 is 0 Å². The van der Waals surface area contributed by atoms with Gasteiger partial charge in [0.15, 0.2) is 0 Å². The van der Waals surface area contributed by atoms with Crippen molar-refractivity contribution in [2.75, 3.05) is 7.11 Å². The first-order valence-corrected chi connectivity index (χ1v) is 6.46. The van der Waals surface area contributed by atoms with E-state index in [1.165, 1.54) is 5.56 Å². The summed E-state index contributed by atoms with van der Waals surface area (Å²) in [7, 11) is 1.66. The van der Waals surface area contributed by atoms with Gasteiger partial charge in [0.1, 0.15) is 17.8 Å². The molecule has 0 fully saturated rings. The number of fused-ring (bicyclic) bond motifs is 1. The van der Waals surface area contributed by atoms with Crippen LogP contribution in [0.4, 0.5) is 0 Å². The van der Waals surface area contributed by atoms with Crippen molar-refractivity contribution in [2.45, 2.75) is 4.90 Å². The molecule has 18 heavy (non-hydrogen) atoms. The van der Waals surface area contributed by atoms with E-state index in [0.717, 1.165) is 21.3 Å². The Kier molecular flexibility index (Phi) is 2.99. The molecule has 0 spiro atoms. The zero-order valence-corrected chi connectivity index (χ0v) is 10.7. The summed E-state index contributed by atoms with van der Waals surface area (Å²) >= 11 is 1.71. The molecular weight excluding hydrogens is 244 g/mol. The molecule has 0 unspecified atom stereocenters. The van der Waals surface area contributed by atoms with Gasteiger partial charge in [-0.15, -0.1) is 0 Å². The van der Waals surface area contributed by atoms with E-state index >= 15 is 0 Å². The van der Waals surface area contributed by atoms with Gasteiger partial charge >= 0.3 is 0 Å². The average molecular weight is 256 g/mol. The number of hydrogen-bond donors (Lipinski definition) is 0. The lowest BCUT2D eigenvalue weighted by Crippen LogP contribution is -1.95. The van der Waals surface area contributed by atoms with Crippen LogP contribution in [0.15, 0.2) is 59.7 Å². The van der Waals surface area contributed by atoms with Crippen LogP contribution < -0.4 is 9.47 Å². The van der Waals surface area contributed by atoms with Crippen LogP contribution in [0.1, 0.15) is 5.56 Å². The number of hydrogen-bond acceptors (Lipinski definition) is 3. The number of rotatable bonds is 2. The third kappa shape index (κ3) is 2.09. The molecule has 2 nitrogen and oxygen atoms in total. The monoisotopic (exact) mass is 256 g/mol. The van der Waals surface area contributed by atoms with Crippen molar-refractivity contribution in [1.82, 2.24) is 0 Å². The van der Waals surface area contributed by atoms with E-state index in [-0.39, 0.29) is 0 Å². The molecule has 2 aromatic carbocycles. The maximum Gasteiger partial charge on any atom is 0.144 e. The Labute approximate surface area is 110 Å². The number of thioether (sulfide) groups is 1. The summed E-state index contributed by atoms with van der Waals surface area (Å²) in [5.41, 5.74) is 1.17. The lowest BCUT2D eigenvalue weighted by molar-refractivity contribution is 0.406. The summed E-state index contributed by atoms with van der Waals surface area (Å²) in [6.07, 6.45) is 1.79. The zero-order chi connectivity index (χ0) is 12.4. The van der Waals surface area contributed by atoms with Gasteiger partial charge < -0.3 is 9.47 Å². The summed E-state index contributed by atoms with van der Waals surface area (Å²) in [6.45, 7) is 0. The quantitative estimate of drug-likeness (QED) is 0.803. The smallest absolute Gasteiger partial charge is 0.144 e. The first-order valence-electron chi connectivity index (χ1n) is 5.65. The molecule has 0 saturated carbocycles. The van der Waals surface area contributed by atoms with E-state index in [4.69, 9.17) is 9.47 Å². The third-order valence-corrected chi connectivity index (χ3v) is 3.83. The van der Waals surface area contributed by atoms with E-state index in [9.17, 15) is 0 Å². The Hall–Kier alpha value is -1.87. The van der Waals surface area contributed by atoms with Crippen molar-refractivity contribution in [3.8, 4) is 11.5 Å². The predicted octanol–water partition coefficient (Wildman–Crippen LogP) is 4.18. The third-order valence-electron chi connectivity index (χ3n) is 2.72. The molecule has 1 aliphatic rings. The lowest BCUT2D eigenvalue weighted by Gasteiger charge is -2.17. The van der Waals surface area contributed by atoms with E-state index in [2.05, 4.69) is 12.1 Å². The largest absolute Gasteiger partial charge is 0.497 e. The molecule has 1 heterocycles. The Morgan fingerprint density at radius 3 is 2.67 bits per heavy atom. The van der Waals surface area contributed by atoms with Gasteiger partial charge in [-0.2, -0.15) is 0 Å². The van der Waals surface area contributed by atoms with Gasteiger partial charge in [-0.1, -0.05) is 42.1 Å². The van der Waals surface area contributed by atoms with Crippen molar-refractivity contribution in [3.05, 3.63) is 60.4 Å². The Morgan fingerprint density at radius 2 is 1.89 bits per heavy atom. The van der Waals surface area contributed by atoms with Crippen molar-refractivity contribution in [3.63, 3.8) is 0 Å². The van der Waals surface area contributed by atoms with E-state index in [1.54, 1.807) is 25.1 Å². The van der Waals surface area contributed by atoms with Crippen molar-refractivity contribution < 1.29 is 9.47 Å². The SMILES string of the molecule is COc1ccc2c(c1)OC=C(c1ccccc1)S2. The van der Waals surface area contributed by atoms with Crippen LogP contribution in [-0.2, 0) is 0 Å². The van der Waals surface area contributed by atoms with Gasteiger partial charge in [-0.05, 0) is 17.7 Å². The Morgan fingerprint density at radius 1 is 1.06 bits per heavy atom. The summed E-state index contributed by atoms with van der Waals surface area (Å²) in [4.78, 5) is 2.23. The molecule has 0 amide bonds. The van der Waals surface area contributed by atoms with Gasteiger partial charge in [0.05, 0.1) is 16.9 Å². The normalized spacial score (nSPS) is 13.3. The van der Waals surface area contributed by atoms with Crippen molar-refractivity contribution in [2.24, 2.45) is 0 Å². The summed E-state index contributed by atoms with van der Waals surface area (Å²) < 4.78 is 10.9. The highest BCUT2D eigenvalue weighted by molar-refractivity contribution is 8.08. The van der Waals surface area contributed by atoms with Crippen LogP contribution >= 0.6 is 11.8 Å². The van der Waals surface area contributed by atoms with Crippen LogP contribution in [-0.4, -0.2) is 7.11 Å². The van der Waals surface area contributed by atoms with E-state index in [0.29, 0.717) is 0 Å². The highest BCUT2D eigenvalue weighted by Gasteiger charge is 2.15. The topological polar surface area (TPSA) is 18.5 Å². The van der Waals surface area contributed by atoms with Crippen molar-refractivity contribution in [1.29, 1.82) is 0 Å². The summed E-state index contributed by atoms with van der Waals surface area (Å²) in [5, 5.41) is 0. The fraction of sp³-hybridized carbons (Fsp3) is 0.0667. The molecule has 0 N–H and O–H groups in total. The molecule has 1 aliphatic heterocycles. The predicted molar refractivity (Wildman–Crippen MR) is 73.9 cm³/mol. The summed E-state index contributed by atoms with van der Waals surface area (Å²) in [5.74, 6) is 1.66. The molecule has 90 valence electrons. The minimum atomic E-state index is 0.811. The second kappa shape index (κ2) is 4.78. The van der Waals surface area contributed by atoms with Crippen LogP contribution in [0.5, 0.6) is 11.5 Å². The second-order valence-electron chi connectivity index (χ2n) is 3.88. The first-order chi connectivity index (χ1) is 8.86. The molecule has 3 heteroatoms. The van der Waals surface area contributed by atoms with Gasteiger partial charge in [0.2, 0.25) is 0 Å². The molecular formula is C15H12O2S. The molecule has 0 saturated heterocycles. The lowest BCUT2D eigenvalue weighted by atomic mass is 10.2. The standard InChI is InChI=1S/C15H12O2S/c1-16-12-7-8-14-13(9-12)17-10-15(18-14)11-5-3-2-4-6-11/h2-10H,1H3.